The quantitative estimate of drug-likeness (QED) is 0.330. The summed E-state index contributed by atoms with van der Waals surface area (Å²) in [7, 11) is 0. The minimum Gasteiger partial charge on any atom is -0.443 e. The Morgan fingerprint density at radius 3 is 2.12 bits per heavy atom. The van der Waals surface area contributed by atoms with Crippen LogP contribution < -0.4 is 5.32 Å². The number of aliphatic hydroxyl groups is 1. The Kier molecular flexibility index (Phi) is 5.64. The van der Waals surface area contributed by atoms with E-state index in [-0.39, 0.29) is 0 Å². The maximum atomic E-state index is 11.6. The van der Waals surface area contributed by atoms with Crippen molar-refractivity contribution >= 4 is 5.97 Å². The first-order valence-electron chi connectivity index (χ1n) is 3.86. The van der Waals surface area contributed by atoms with Crippen LogP contribution in [-0.4, -0.2) is 43.2 Å². The normalized spacial score (nSPS) is 14.5. The van der Waals surface area contributed by atoms with Crippen LogP contribution in [0.25, 0.3) is 0 Å². The highest BCUT2D eigenvalue weighted by Gasteiger charge is 2.41. The number of aliphatic hydroxyl groups excluding tert-OH is 1. The summed E-state index contributed by atoms with van der Waals surface area (Å²) >= 11 is 0. The molecule has 0 aliphatic carbocycles. The van der Waals surface area contributed by atoms with Crippen molar-refractivity contribution in [3.05, 3.63) is 0 Å². The summed E-state index contributed by atoms with van der Waals surface area (Å²) in [5.41, 5.74) is 0. The van der Waals surface area contributed by atoms with E-state index in [1.54, 1.807) is 5.32 Å². The van der Waals surface area contributed by atoms with Crippen LogP contribution in [0, 0.1) is 0 Å². The molecule has 2 N–H and O–H groups in total. The minimum atomic E-state index is -5.19. The van der Waals surface area contributed by atoms with Crippen molar-refractivity contribution in [1.82, 2.24) is 5.32 Å². The zero-order chi connectivity index (χ0) is 13.7. The molecule has 0 amide bonds. The molecule has 11 heteroatoms. The first kappa shape index (κ1) is 15.9. The highest BCUT2D eigenvalue weighted by atomic mass is 19.4. The maximum absolute atomic E-state index is 11.6. The van der Waals surface area contributed by atoms with E-state index in [1.807, 2.05) is 0 Å². The van der Waals surface area contributed by atoms with Gasteiger partial charge in [-0.1, -0.05) is 0 Å². The molecule has 0 aromatic heterocycles. The average molecular weight is 271 g/mol. The standard InChI is InChI=1S/C6H7F6NO4/c7-5(8,9)3(14)16-1-13-2-17-4(15)6(10,11)12/h3,13-14H,1-2H2. The number of carbonyl (C=O) groups is 1. The second kappa shape index (κ2) is 6.02. The smallest absolute Gasteiger partial charge is 0.443 e. The van der Waals surface area contributed by atoms with Gasteiger partial charge in [-0.3, -0.25) is 5.32 Å². The van der Waals surface area contributed by atoms with Crippen LogP contribution in [-0.2, 0) is 14.3 Å². The summed E-state index contributed by atoms with van der Waals surface area (Å²) in [5.74, 6) is -2.50. The lowest BCUT2D eigenvalue weighted by Crippen LogP contribution is -2.36. The molecular formula is C6H7F6NO4. The van der Waals surface area contributed by atoms with Crippen LogP contribution in [0.3, 0.4) is 0 Å². The Morgan fingerprint density at radius 1 is 1.18 bits per heavy atom. The van der Waals surface area contributed by atoms with E-state index >= 15 is 0 Å². The predicted molar refractivity (Wildman–Crippen MR) is 38.2 cm³/mol. The van der Waals surface area contributed by atoms with Crippen LogP contribution in [0.4, 0.5) is 26.3 Å². The minimum absolute atomic E-state index is 0.953. The van der Waals surface area contributed by atoms with Crippen molar-refractivity contribution in [3.8, 4) is 0 Å². The third kappa shape index (κ3) is 6.97. The van der Waals surface area contributed by atoms with Crippen molar-refractivity contribution in [2.24, 2.45) is 0 Å². The average Bonchev–Trinajstić information content (AvgIpc) is 2.13. The zero-order valence-electron chi connectivity index (χ0n) is 7.93. The third-order valence-corrected chi connectivity index (χ3v) is 1.16. The summed E-state index contributed by atoms with van der Waals surface area (Å²) < 4.78 is 76.7. The largest absolute Gasteiger partial charge is 0.490 e. The number of rotatable bonds is 5. The Hall–Kier alpha value is -1.07. The van der Waals surface area contributed by atoms with Crippen molar-refractivity contribution in [2.45, 2.75) is 18.6 Å². The fraction of sp³-hybridized carbons (Fsp3) is 0.833. The molecule has 0 saturated heterocycles. The number of esters is 1. The fourth-order valence-electron chi connectivity index (χ4n) is 0.472. The number of ether oxygens (including phenoxy) is 2. The third-order valence-electron chi connectivity index (χ3n) is 1.16. The molecule has 17 heavy (non-hydrogen) atoms. The highest BCUT2D eigenvalue weighted by molar-refractivity contribution is 5.75. The lowest BCUT2D eigenvalue weighted by atomic mass is 10.6. The molecule has 0 aliphatic rings. The van der Waals surface area contributed by atoms with E-state index < -0.39 is 38.1 Å². The molecule has 0 saturated carbocycles. The Morgan fingerprint density at radius 2 is 1.71 bits per heavy atom. The van der Waals surface area contributed by atoms with Crippen LogP contribution in [0.15, 0.2) is 0 Å². The van der Waals surface area contributed by atoms with Gasteiger partial charge in [0.1, 0.15) is 13.5 Å². The molecule has 0 bridgehead atoms. The fourth-order valence-corrected chi connectivity index (χ4v) is 0.472. The summed E-state index contributed by atoms with van der Waals surface area (Å²) in [5, 5.41) is 10.0. The van der Waals surface area contributed by atoms with Gasteiger partial charge in [0.25, 0.3) is 6.29 Å². The molecular weight excluding hydrogens is 264 g/mol. The van der Waals surface area contributed by atoms with Gasteiger partial charge in [-0.2, -0.15) is 26.3 Å². The van der Waals surface area contributed by atoms with Gasteiger partial charge in [0.15, 0.2) is 0 Å². The Labute approximate surface area is 90.3 Å². The molecule has 102 valence electrons. The van der Waals surface area contributed by atoms with E-state index in [9.17, 15) is 31.1 Å². The number of alkyl halides is 6. The lowest BCUT2D eigenvalue weighted by molar-refractivity contribution is -0.295. The first-order valence-corrected chi connectivity index (χ1v) is 3.86. The molecule has 0 radical (unpaired) electrons. The predicted octanol–water partition coefficient (Wildman–Crippen LogP) is 0.494. The number of hydrogen-bond acceptors (Lipinski definition) is 5. The monoisotopic (exact) mass is 271 g/mol. The van der Waals surface area contributed by atoms with Crippen LogP contribution in [0.5, 0.6) is 0 Å². The van der Waals surface area contributed by atoms with Gasteiger partial charge in [-0.05, 0) is 0 Å². The van der Waals surface area contributed by atoms with Gasteiger partial charge in [-0.15, -0.1) is 0 Å². The van der Waals surface area contributed by atoms with E-state index in [2.05, 4.69) is 9.47 Å². The Bertz CT molecular complexity index is 252. The molecule has 5 nitrogen and oxygen atoms in total. The van der Waals surface area contributed by atoms with Crippen molar-refractivity contribution < 1.29 is 45.7 Å². The molecule has 0 spiro atoms. The number of hydrogen-bond donors (Lipinski definition) is 2. The van der Waals surface area contributed by atoms with Gasteiger partial charge >= 0.3 is 18.3 Å². The molecule has 1 atom stereocenters. The molecule has 0 aliphatic heterocycles. The van der Waals surface area contributed by atoms with E-state index in [4.69, 9.17) is 5.11 Å². The Balaban J connectivity index is 3.64. The number of nitrogens with one attached hydrogen (secondary N) is 1. The summed E-state index contributed by atoms with van der Waals surface area (Å²) in [4.78, 5) is 10.1. The summed E-state index contributed by atoms with van der Waals surface area (Å²) in [6.07, 6.45) is -13.3. The van der Waals surface area contributed by atoms with E-state index in [1.165, 1.54) is 0 Å². The lowest BCUT2D eigenvalue weighted by Gasteiger charge is -2.15. The summed E-state index contributed by atoms with van der Waals surface area (Å²) in [6.45, 7) is -1.96. The molecule has 0 aromatic carbocycles. The van der Waals surface area contributed by atoms with Crippen LogP contribution in [0.1, 0.15) is 0 Å². The second-order valence-electron chi connectivity index (χ2n) is 2.53. The van der Waals surface area contributed by atoms with E-state index in [0.717, 1.165) is 0 Å². The van der Waals surface area contributed by atoms with E-state index in [0.29, 0.717) is 0 Å². The molecule has 0 fully saturated rings. The van der Waals surface area contributed by atoms with Crippen molar-refractivity contribution in [3.63, 3.8) is 0 Å². The zero-order valence-corrected chi connectivity index (χ0v) is 7.93. The maximum Gasteiger partial charge on any atom is 0.490 e. The molecule has 0 aromatic rings. The van der Waals surface area contributed by atoms with Gasteiger partial charge < -0.3 is 14.6 Å². The highest BCUT2D eigenvalue weighted by Crippen LogP contribution is 2.20. The summed E-state index contributed by atoms with van der Waals surface area (Å²) in [6, 6.07) is 0. The first-order chi connectivity index (χ1) is 7.55. The number of carbonyl (C=O) groups excluding carboxylic acids is 1. The van der Waals surface area contributed by atoms with Gasteiger partial charge in [0, 0.05) is 0 Å². The number of halogens is 6. The van der Waals surface area contributed by atoms with Gasteiger partial charge in [0.05, 0.1) is 0 Å². The SMILES string of the molecule is O=C(OCNCOC(O)C(F)(F)F)C(F)(F)F. The van der Waals surface area contributed by atoms with Gasteiger partial charge in [0.2, 0.25) is 0 Å². The van der Waals surface area contributed by atoms with Crippen LogP contribution >= 0.6 is 0 Å². The molecule has 0 rings (SSSR count). The van der Waals surface area contributed by atoms with Crippen molar-refractivity contribution in [2.75, 3.05) is 13.5 Å². The topological polar surface area (TPSA) is 67.8 Å². The molecule has 0 heterocycles. The van der Waals surface area contributed by atoms with Crippen LogP contribution in [0.2, 0.25) is 0 Å². The second-order valence-corrected chi connectivity index (χ2v) is 2.53. The van der Waals surface area contributed by atoms with Gasteiger partial charge in [-0.25, -0.2) is 4.79 Å². The van der Waals surface area contributed by atoms with Crippen molar-refractivity contribution in [1.29, 1.82) is 0 Å². The molecule has 1 unspecified atom stereocenters.